The molecule has 1 saturated carbocycles. The van der Waals surface area contributed by atoms with Gasteiger partial charge >= 0.3 is 10.2 Å². The first kappa shape index (κ1) is 30.4. The van der Waals surface area contributed by atoms with Crippen molar-refractivity contribution in [1.82, 2.24) is 14.5 Å². The van der Waals surface area contributed by atoms with Gasteiger partial charge < -0.3 is 15.0 Å². The van der Waals surface area contributed by atoms with Crippen LogP contribution in [-0.2, 0) is 26.3 Å². The van der Waals surface area contributed by atoms with E-state index in [2.05, 4.69) is 5.32 Å². The summed E-state index contributed by atoms with van der Waals surface area (Å²) in [5.74, 6) is 0.0198. The van der Waals surface area contributed by atoms with Crippen molar-refractivity contribution < 1.29 is 22.7 Å². The van der Waals surface area contributed by atoms with E-state index < -0.39 is 28.7 Å². The van der Waals surface area contributed by atoms with Gasteiger partial charge in [0.15, 0.2) is 0 Å². The van der Waals surface area contributed by atoms with Gasteiger partial charge in [-0.3, -0.25) is 9.59 Å². The van der Waals surface area contributed by atoms with E-state index in [0.29, 0.717) is 17.9 Å². The van der Waals surface area contributed by atoms with Crippen LogP contribution in [0.2, 0.25) is 0 Å². The van der Waals surface area contributed by atoms with Crippen molar-refractivity contribution in [1.29, 1.82) is 0 Å². The quantitative estimate of drug-likeness (QED) is 0.427. The smallest absolute Gasteiger partial charge is 0.304 e. The van der Waals surface area contributed by atoms with Gasteiger partial charge in [0, 0.05) is 26.7 Å². The fourth-order valence-corrected chi connectivity index (χ4v) is 6.02. The third kappa shape index (κ3) is 7.51. The summed E-state index contributed by atoms with van der Waals surface area (Å²) in [5, 5.41) is 3.13. The summed E-state index contributed by atoms with van der Waals surface area (Å²) in [4.78, 5) is 29.0. The van der Waals surface area contributed by atoms with Crippen molar-refractivity contribution in [3.63, 3.8) is 0 Å². The van der Waals surface area contributed by atoms with Crippen LogP contribution in [0.15, 0.2) is 42.5 Å². The molecule has 1 aliphatic carbocycles. The Bertz CT molecular complexity index is 1240. The molecule has 0 unspecified atom stereocenters. The molecule has 214 valence electrons. The minimum Gasteiger partial charge on any atom is -0.497 e. The monoisotopic (exact) mass is 558 g/mol. The number of carbonyl (C=O) groups is 2. The number of nitrogens with zero attached hydrogens (tertiary/aromatic N) is 3. The van der Waals surface area contributed by atoms with Gasteiger partial charge in [0.1, 0.15) is 18.3 Å². The Labute approximate surface area is 233 Å². The number of nitrogens with one attached hydrogen (secondary N) is 1. The maximum atomic E-state index is 14.1. The number of ether oxygens (including phenoxy) is 1. The Kier molecular flexibility index (Phi) is 10.4. The molecule has 1 aliphatic rings. The van der Waals surface area contributed by atoms with Crippen molar-refractivity contribution >= 4 is 27.7 Å². The molecule has 9 nitrogen and oxygen atoms in total. The van der Waals surface area contributed by atoms with Crippen LogP contribution in [0.1, 0.15) is 55.7 Å². The van der Waals surface area contributed by atoms with Crippen LogP contribution in [0.5, 0.6) is 5.75 Å². The van der Waals surface area contributed by atoms with Crippen molar-refractivity contribution in [2.45, 2.75) is 71.5 Å². The molecular weight excluding hydrogens is 516 g/mol. The van der Waals surface area contributed by atoms with Gasteiger partial charge in [0.05, 0.1) is 12.8 Å². The Balaban J connectivity index is 2.00. The molecule has 3 rings (SSSR count). The molecule has 1 fully saturated rings. The molecule has 39 heavy (non-hydrogen) atoms. The van der Waals surface area contributed by atoms with Crippen molar-refractivity contribution in [3.05, 3.63) is 59.2 Å². The largest absolute Gasteiger partial charge is 0.497 e. The zero-order valence-corrected chi connectivity index (χ0v) is 24.8. The van der Waals surface area contributed by atoms with Crippen LogP contribution in [0.4, 0.5) is 5.69 Å². The second kappa shape index (κ2) is 13.3. The van der Waals surface area contributed by atoms with Gasteiger partial charge in [0.2, 0.25) is 11.8 Å². The van der Waals surface area contributed by atoms with Crippen molar-refractivity contribution in [2.75, 3.05) is 32.1 Å². The number of methoxy groups -OCH3 is 1. The summed E-state index contributed by atoms with van der Waals surface area (Å²) >= 11 is 0. The van der Waals surface area contributed by atoms with Gasteiger partial charge in [-0.25, -0.2) is 4.31 Å². The van der Waals surface area contributed by atoms with E-state index in [-0.39, 0.29) is 18.5 Å². The minimum atomic E-state index is -4.01. The van der Waals surface area contributed by atoms with Crippen LogP contribution in [0, 0.1) is 13.8 Å². The Morgan fingerprint density at radius 3 is 2.26 bits per heavy atom. The molecule has 0 heterocycles. The molecular formula is C29H42N4O5S. The normalized spacial score (nSPS) is 14.7. The van der Waals surface area contributed by atoms with Crippen LogP contribution < -0.4 is 14.4 Å². The molecule has 2 aromatic rings. The fraction of sp³-hybridized carbons (Fsp3) is 0.517. The molecule has 0 aliphatic heterocycles. The third-order valence-corrected chi connectivity index (χ3v) is 9.06. The highest BCUT2D eigenvalue weighted by Gasteiger charge is 2.35. The Morgan fingerprint density at radius 2 is 1.69 bits per heavy atom. The lowest BCUT2D eigenvalue weighted by molar-refractivity contribution is -0.140. The maximum Gasteiger partial charge on any atom is 0.304 e. The van der Waals surface area contributed by atoms with E-state index in [4.69, 9.17) is 4.74 Å². The molecule has 1 atom stereocenters. The van der Waals surface area contributed by atoms with E-state index in [1.807, 2.05) is 45.0 Å². The van der Waals surface area contributed by atoms with Gasteiger partial charge in [-0.15, -0.1) is 0 Å². The van der Waals surface area contributed by atoms with E-state index in [1.54, 1.807) is 25.3 Å². The average Bonchev–Trinajstić information content (AvgIpc) is 3.41. The van der Waals surface area contributed by atoms with Gasteiger partial charge in [-0.05, 0) is 68.0 Å². The van der Waals surface area contributed by atoms with E-state index >= 15 is 0 Å². The van der Waals surface area contributed by atoms with Crippen LogP contribution in [-0.4, -0.2) is 69.3 Å². The Morgan fingerprint density at radius 1 is 1.05 bits per heavy atom. The molecule has 0 radical (unpaired) electrons. The van der Waals surface area contributed by atoms with E-state index in [0.717, 1.165) is 51.0 Å². The SMILES string of the molecule is CC[C@@H](C(=O)NC1CCCC1)N(Cc1ccc(OC)cc1)C(=O)CN(c1cc(C)ccc1C)S(=O)(=O)N(C)C. The second-order valence-corrected chi connectivity index (χ2v) is 12.4. The zero-order chi connectivity index (χ0) is 28.7. The van der Waals surface area contributed by atoms with E-state index in [1.165, 1.54) is 19.0 Å². The number of amides is 2. The predicted molar refractivity (Wildman–Crippen MR) is 154 cm³/mol. The summed E-state index contributed by atoms with van der Waals surface area (Å²) in [6.45, 7) is 5.28. The summed E-state index contributed by atoms with van der Waals surface area (Å²) in [6, 6.07) is 12.2. The molecule has 10 heteroatoms. The number of benzene rings is 2. The van der Waals surface area contributed by atoms with E-state index in [9.17, 15) is 18.0 Å². The highest BCUT2D eigenvalue weighted by molar-refractivity contribution is 7.90. The fourth-order valence-electron chi connectivity index (χ4n) is 4.90. The first-order valence-electron chi connectivity index (χ1n) is 13.5. The zero-order valence-electron chi connectivity index (χ0n) is 23.9. The third-order valence-electron chi connectivity index (χ3n) is 7.25. The lowest BCUT2D eigenvalue weighted by Crippen LogP contribution is -2.54. The van der Waals surface area contributed by atoms with Crippen molar-refractivity contribution in [2.24, 2.45) is 0 Å². The standard InChI is InChI=1S/C29H42N4O5S/c1-7-26(29(35)30-24-10-8-9-11-24)32(19-23-14-16-25(38-6)17-15-23)28(34)20-33(39(36,37)31(4)5)27-18-21(2)12-13-22(27)3/h12-18,24,26H,7-11,19-20H2,1-6H3,(H,30,35)/t26-/m0/s1. The number of aryl methyl sites for hydroxylation is 2. The summed E-state index contributed by atoms with van der Waals surface area (Å²) in [5.41, 5.74) is 2.85. The second-order valence-electron chi connectivity index (χ2n) is 10.4. The molecule has 2 aromatic carbocycles. The molecule has 0 saturated heterocycles. The lowest BCUT2D eigenvalue weighted by Gasteiger charge is -2.34. The molecule has 1 N–H and O–H groups in total. The highest BCUT2D eigenvalue weighted by Crippen LogP contribution is 2.26. The topological polar surface area (TPSA) is 99.3 Å². The van der Waals surface area contributed by atoms with Gasteiger partial charge in [-0.1, -0.05) is 44.0 Å². The highest BCUT2D eigenvalue weighted by atomic mass is 32.2. The van der Waals surface area contributed by atoms with Gasteiger partial charge in [-0.2, -0.15) is 12.7 Å². The van der Waals surface area contributed by atoms with Crippen LogP contribution in [0.25, 0.3) is 0 Å². The van der Waals surface area contributed by atoms with Gasteiger partial charge in [0.25, 0.3) is 0 Å². The number of anilines is 1. The first-order valence-corrected chi connectivity index (χ1v) is 14.9. The summed E-state index contributed by atoms with van der Waals surface area (Å²) < 4.78 is 34.4. The number of rotatable bonds is 12. The average molecular weight is 559 g/mol. The molecule has 0 aromatic heterocycles. The van der Waals surface area contributed by atoms with Crippen molar-refractivity contribution in [3.8, 4) is 5.75 Å². The first-order chi connectivity index (χ1) is 18.5. The number of hydrogen-bond donors (Lipinski definition) is 1. The van der Waals surface area contributed by atoms with Crippen LogP contribution >= 0.6 is 0 Å². The number of carbonyl (C=O) groups excluding carboxylic acids is 2. The summed E-state index contributed by atoms with van der Waals surface area (Å²) in [7, 11) is 0.454. The molecule has 0 bridgehead atoms. The maximum absolute atomic E-state index is 14.1. The number of hydrogen-bond acceptors (Lipinski definition) is 5. The Hall–Kier alpha value is -3.11. The molecule has 0 spiro atoms. The predicted octanol–water partition coefficient (Wildman–Crippen LogP) is 3.79. The lowest BCUT2D eigenvalue weighted by atomic mass is 10.1. The summed E-state index contributed by atoms with van der Waals surface area (Å²) in [6.07, 6.45) is 4.39. The minimum absolute atomic E-state index is 0.102. The molecule has 2 amide bonds. The van der Waals surface area contributed by atoms with Crippen LogP contribution in [0.3, 0.4) is 0 Å².